The number of nitrogens with one attached hydrogen (secondary N) is 1. The molecule has 0 atom stereocenters. The molecule has 1 aromatic heterocycles. The number of aryl methyl sites for hydroxylation is 1. The number of methoxy groups -OCH3 is 2. The van der Waals surface area contributed by atoms with Gasteiger partial charge < -0.3 is 14.8 Å². The first-order valence-corrected chi connectivity index (χ1v) is 9.80. The van der Waals surface area contributed by atoms with Gasteiger partial charge in [-0.3, -0.25) is 9.36 Å². The Balaban J connectivity index is 1.56. The number of benzene rings is 2. The van der Waals surface area contributed by atoms with E-state index in [9.17, 15) is 4.79 Å². The average molecular weight is 398 g/mol. The number of nitrogens with zero attached hydrogens (tertiary/aromatic N) is 2. The molecule has 1 heterocycles. The number of rotatable bonds is 8. The largest absolute Gasteiger partial charge is 0.493 e. The van der Waals surface area contributed by atoms with Crippen molar-refractivity contribution in [1.29, 1.82) is 0 Å². The summed E-state index contributed by atoms with van der Waals surface area (Å²) in [5.74, 6) is 1.54. The molecule has 0 unspecified atom stereocenters. The van der Waals surface area contributed by atoms with Gasteiger partial charge in [-0.15, -0.1) is 0 Å². The van der Waals surface area contributed by atoms with Crippen molar-refractivity contribution >= 4 is 17.7 Å². The Bertz CT molecular complexity index is 956. The third kappa shape index (κ3) is 4.86. The van der Waals surface area contributed by atoms with E-state index < -0.39 is 0 Å². The van der Waals surface area contributed by atoms with Crippen molar-refractivity contribution in [2.75, 3.05) is 20.0 Å². The molecule has 0 aliphatic heterocycles. The van der Waals surface area contributed by atoms with E-state index in [0.29, 0.717) is 18.0 Å². The van der Waals surface area contributed by atoms with E-state index in [1.165, 1.54) is 17.3 Å². The van der Waals surface area contributed by atoms with Crippen molar-refractivity contribution in [2.45, 2.75) is 18.6 Å². The summed E-state index contributed by atoms with van der Waals surface area (Å²) >= 11 is 1.41. The van der Waals surface area contributed by atoms with Gasteiger partial charge in [0.25, 0.3) is 0 Å². The number of carbonyl (C=O) groups is 1. The number of hydrogen-bond donors (Lipinski definition) is 1. The predicted octanol–water partition coefficient (Wildman–Crippen LogP) is 3.61. The third-order valence-electron chi connectivity index (χ3n) is 4.16. The zero-order chi connectivity index (χ0) is 19.9. The summed E-state index contributed by atoms with van der Waals surface area (Å²) in [4.78, 5) is 16.6. The molecule has 1 N–H and O–H groups in total. The maximum Gasteiger partial charge on any atom is 0.230 e. The van der Waals surface area contributed by atoms with Crippen LogP contribution in [0.3, 0.4) is 0 Å². The van der Waals surface area contributed by atoms with Gasteiger partial charge in [-0.05, 0) is 42.3 Å². The highest BCUT2D eigenvalue weighted by atomic mass is 32.2. The normalized spacial score (nSPS) is 10.5. The van der Waals surface area contributed by atoms with Crippen molar-refractivity contribution in [3.63, 3.8) is 0 Å². The minimum absolute atomic E-state index is 0.0569. The van der Waals surface area contributed by atoms with Crippen LogP contribution >= 0.6 is 11.8 Å². The molecule has 0 saturated carbocycles. The molecule has 0 bridgehead atoms. The van der Waals surface area contributed by atoms with Crippen LogP contribution in [-0.2, 0) is 11.3 Å². The van der Waals surface area contributed by atoms with Crippen molar-refractivity contribution in [3.05, 3.63) is 66.0 Å². The van der Waals surface area contributed by atoms with E-state index in [1.54, 1.807) is 20.4 Å². The molecule has 3 aromatic rings. The van der Waals surface area contributed by atoms with Crippen LogP contribution in [0.1, 0.15) is 11.1 Å². The minimum atomic E-state index is -0.0569. The first-order chi connectivity index (χ1) is 13.6. The van der Waals surface area contributed by atoms with Gasteiger partial charge in [0.1, 0.15) is 0 Å². The molecule has 0 saturated heterocycles. The van der Waals surface area contributed by atoms with Crippen LogP contribution in [0.15, 0.2) is 60.0 Å². The molecule has 2 aromatic carbocycles. The Kier molecular flexibility index (Phi) is 6.60. The van der Waals surface area contributed by atoms with Crippen LogP contribution in [0.2, 0.25) is 0 Å². The zero-order valence-electron chi connectivity index (χ0n) is 16.1. The Morgan fingerprint density at radius 2 is 1.96 bits per heavy atom. The van der Waals surface area contributed by atoms with E-state index in [-0.39, 0.29) is 11.7 Å². The number of imidazole rings is 1. The maximum atomic E-state index is 12.3. The van der Waals surface area contributed by atoms with E-state index in [2.05, 4.69) is 29.4 Å². The first-order valence-electron chi connectivity index (χ1n) is 8.81. The second kappa shape index (κ2) is 9.32. The number of thioether (sulfide) groups is 1. The summed E-state index contributed by atoms with van der Waals surface area (Å²) < 4.78 is 12.5. The van der Waals surface area contributed by atoms with E-state index in [1.807, 2.05) is 41.1 Å². The summed E-state index contributed by atoms with van der Waals surface area (Å²) in [5, 5.41) is 3.71. The highest BCUT2D eigenvalue weighted by Gasteiger charge is 2.10. The van der Waals surface area contributed by atoms with Crippen LogP contribution < -0.4 is 14.8 Å². The van der Waals surface area contributed by atoms with Crippen LogP contribution in [0.5, 0.6) is 11.5 Å². The van der Waals surface area contributed by atoms with Crippen molar-refractivity contribution in [3.8, 4) is 17.2 Å². The van der Waals surface area contributed by atoms with Gasteiger partial charge in [-0.1, -0.05) is 30.0 Å². The molecule has 146 valence electrons. The molecular formula is C21H23N3O3S. The van der Waals surface area contributed by atoms with Crippen LogP contribution in [0.4, 0.5) is 0 Å². The number of amides is 1. The van der Waals surface area contributed by atoms with E-state index in [4.69, 9.17) is 9.47 Å². The van der Waals surface area contributed by atoms with Gasteiger partial charge in [0, 0.05) is 24.6 Å². The summed E-state index contributed by atoms with van der Waals surface area (Å²) in [7, 11) is 3.18. The molecule has 7 heteroatoms. The summed E-state index contributed by atoms with van der Waals surface area (Å²) in [6.07, 6.45) is 3.64. The highest BCUT2D eigenvalue weighted by molar-refractivity contribution is 7.99. The quantitative estimate of drug-likeness (QED) is 0.588. The van der Waals surface area contributed by atoms with Crippen molar-refractivity contribution in [2.24, 2.45) is 0 Å². The Hall–Kier alpha value is -2.93. The SMILES string of the molecule is COc1ccc(CNC(=O)CSc2nccn2-c2cccc(C)c2)cc1OC. The van der Waals surface area contributed by atoms with Crippen molar-refractivity contribution < 1.29 is 14.3 Å². The lowest BCUT2D eigenvalue weighted by Gasteiger charge is -2.11. The second-order valence-corrected chi connectivity index (χ2v) is 7.12. The fourth-order valence-electron chi connectivity index (χ4n) is 2.74. The lowest BCUT2D eigenvalue weighted by Crippen LogP contribution is -2.24. The number of ether oxygens (including phenoxy) is 2. The van der Waals surface area contributed by atoms with E-state index >= 15 is 0 Å². The van der Waals surface area contributed by atoms with Gasteiger partial charge in [-0.25, -0.2) is 4.98 Å². The standard InChI is InChI=1S/C21H23N3O3S/c1-15-5-4-6-17(11-15)24-10-9-22-21(24)28-14-20(25)23-13-16-7-8-18(26-2)19(12-16)27-3/h4-12H,13-14H2,1-3H3,(H,23,25). The third-order valence-corrected chi connectivity index (χ3v) is 5.12. The van der Waals surface area contributed by atoms with Crippen LogP contribution in [-0.4, -0.2) is 35.4 Å². The summed E-state index contributed by atoms with van der Waals surface area (Å²) in [6.45, 7) is 2.47. The zero-order valence-corrected chi connectivity index (χ0v) is 17.0. The Labute approximate surface area is 168 Å². The highest BCUT2D eigenvalue weighted by Crippen LogP contribution is 2.27. The number of carbonyl (C=O) groups excluding carboxylic acids is 1. The van der Waals surface area contributed by atoms with Gasteiger partial charge in [0.15, 0.2) is 16.7 Å². The molecule has 0 fully saturated rings. The molecule has 0 radical (unpaired) electrons. The second-order valence-electron chi connectivity index (χ2n) is 6.17. The topological polar surface area (TPSA) is 65.4 Å². The monoisotopic (exact) mass is 397 g/mol. The molecule has 0 spiro atoms. The maximum absolute atomic E-state index is 12.3. The Morgan fingerprint density at radius 3 is 2.71 bits per heavy atom. The van der Waals surface area contributed by atoms with Crippen LogP contribution in [0, 0.1) is 6.92 Å². The number of hydrogen-bond acceptors (Lipinski definition) is 5. The fourth-order valence-corrected chi connectivity index (χ4v) is 3.55. The lowest BCUT2D eigenvalue weighted by atomic mass is 10.2. The molecule has 3 rings (SSSR count). The average Bonchev–Trinajstić information content (AvgIpc) is 3.19. The van der Waals surface area contributed by atoms with Crippen LogP contribution in [0.25, 0.3) is 5.69 Å². The fraction of sp³-hybridized carbons (Fsp3) is 0.238. The molecule has 6 nitrogen and oxygen atoms in total. The van der Waals surface area contributed by atoms with Gasteiger partial charge in [-0.2, -0.15) is 0 Å². The van der Waals surface area contributed by atoms with Gasteiger partial charge >= 0.3 is 0 Å². The molecule has 0 aliphatic carbocycles. The molecule has 0 aliphatic rings. The van der Waals surface area contributed by atoms with Gasteiger partial charge in [0.2, 0.25) is 5.91 Å². The summed E-state index contributed by atoms with van der Waals surface area (Å²) in [6, 6.07) is 13.8. The lowest BCUT2D eigenvalue weighted by molar-refractivity contribution is -0.118. The van der Waals surface area contributed by atoms with E-state index in [0.717, 1.165) is 16.4 Å². The number of aromatic nitrogens is 2. The molecular weight excluding hydrogens is 374 g/mol. The summed E-state index contributed by atoms with van der Waals surface area (Å²) in [5.41, 5.74) is 3.15. The van der Waals surface area contributed by atoms with Gasteiger partial charge in [0.05, 0.1) is 20.0 Å². The first kappa shape index (κ1) is 19.8. The molecule has 1 amide bonds. The van der Waals surface area contributed by atoms with Crippen molar-refractivity contribution in [1.82, 2.24) is 14.9 Å². The predicted molar refractivity (Wildman–Crippen MR) is 110 cm³/mol. The Morgan fingerprint density at radius 1 is 1.14 bits per heavy atom. The molecule has 28 heavy (non-hydrogen) atoms. The smallest absolute Gasteiger partial charge is 0.230 e. The minimum Gasteiger partial charge on any atom is -0.493 e.